The second-order valence-electron chi connectivity index (χ2n) is 4.85. The van der Waals surface area contributed by atoms with Gasteiger partial charge < -0.3 is 0 Å². The van der Waals surface area contributed by atoms with Crippen LogP contribution in [-0.2, 0) is 0 Å². The quantitative estimate of drug-likeness (QED) is 0.630. The molecule has 2 aromatic heterocycles. The summed E-state index contributed by atoms with van der Waals surface area (Å²) in [5, 5.41) is 0. The number of halogens is 1. The highest BCUT2D eigenvalue weighted by Gasteiger charge is 1.89. The fourth-order valence-corrected chi connectivity index (χ4v) is 2.09. The molecule has 0 aromatic carbocycles. The Morgan fingerprint density at radius 2 is 0.737 bits per heavy atom. The molecule has 0 saturated heterocycles. The number of pyridine rings is 2. The lowest BCUT2D eigenvalue weighted by Gasteiger charge is -1.96. The fraction of sp³-hybridized carbons (Fsp3) is 0.375. The number of aromatic nitrogens is 2. The van der Waals surface area contributed by atoms with Crippen molar-refractivity contribution < 1.29 is 24.0 Å². The minimum absolute atomic E-state index is 0. The van der Waals surface area contributed by atoms with Gasteiger partial charge in [-0.15, -0.1) is 0 Å². The van der Waals surface area contributed by atoms with Crippen molar-refractivity contribution in [1.29, 1.82) is 0 Å². The van der Waals surface area contributed by atoms with E-state index in [0.29, 0.717) is 0 Å². The number of hydrogen-bond acceptors (Lipinski definition) is 2. The zero-order valence-corrected chi connectivity index (χ0v) is 15.2. The molecule has 0 spiro atoms. The summed E-state index contributed by atoms with van der Waals surface area (Å²) in [6.45, 7) is 12.2. The largest absolute Gasteiger partial charge is 0.258 e. The third kappa shape index (κ3) is 7.25. The minimum atomic E-state index is 0. The predicted octanol–water partition coefficient (Wildman–Crippen LogP) is 0.482. The molecular formula is C16H24IN2+. The molecular weight excluding hydrogens is 347 g/mol. The summed E-state index contributed by atoms with van der Waals surface area (Å²) in [7, 11) is 0. The van der Waals surface area contributed by atoms with Gasteiger partial charge >= 0.3 is 0 Å². The van der Waals surface area contributed by atoms with Crippen LogP contribution in [0.1, 0.15) is 33.9 Å². The Morgan fingerprint density at radius 3 is 0.895 bits per heavy atom. The van der Waals surface area contributed by atoms with E-state index >= 15 is 0 Å². The summed E-state index contributed by atoms with van der Waals surface area (Å²) in [6, 6.07) is 8.31. The van der Waals surface area contributed by atoms with Crippen molar-refractivity contribution in [1.82, 2.24) is 9.97 Å². The molecule has 2 heterocycles. The molecule has 0 N–H and O–H groups in total. The van der Waals surface area contributed by atoms with Gasteiger partial charge in [0.1, 0.15) is 0 Å². The second kappa shape index (κ2) is 8.25. The van der Waals surface area contributed by atoms with Gasteiger partial charge in [0.05, 0.1) is 0 Å². The highest BCUT2D eigenvalue weighted by atomic mass is 127. The summed E-state index contributed by atoms with van der Waals surface area (Å²) in [5.41, 5.74) is 7.00. The first-order valence-corrected chi connectivity index (χ1v) is 6.20. The Bertz CT molecular complexity index is 386. The summed E-state index contributed by atoms with van der Waals surface area (Å²) in [4.78, 5) is 8.47. The van der Waals surface area contributed by atoms with E-state index in [2.05, 4.69) is 48.1 Å². The fourth-order valence-electron chi connectivity index (χ4n) is 2.09. The molecule has 0 amide bonds. The van der Waals surface area contributed by atoms with Crippen LogP contribution in [0.3, 0.4) is 0 Å². The molecule has 104 valence electrons. The van der Waals surface area contributed by atoms with Crippen LogP contribution in [0.2, 0.25) is 0 Å². The average molecular weight is 371 g/mol. The zero-order valence-electron chi connectivity index (χ0n) is 12.7. The lowest BCUT2D eigenvalue weighted by molar-refractivity contribution is -0.00000453. The SMILES string of the molecule is Cc1cc(C)nc(C)c1.Cc1cc(C)nc(C)c1.[IH2+]. The number of nitrogens with zero attached hydrogens (tertiary/aromatic N) is 2. The molecule has 2 rings (SSSR count). The predicted molar refractivity (Wildman–Crippen MR) is 79.7 cm³/mol. The van der Waals surface area contributed by atoms with E-state index in [9.17, 15) is 0 Å². The molecule has 0 atom stereocenters. The Balaban J connectivity index is 0.000000324. The highest BCUT2D eigenvalue weighted by molar-refractivity contribution is 5.18. The third-order valence-electron chi connectivity index (χ3n) is 2.45. The molecule has 2 aromatic rings. The van der Waals surface area contributed by atoms with Crippen LogP contribution < -0.4 is 24.0 Å². The van der Waals surface area contributed by atoms with Gasteiger partial charge in [-0.3, -0.25) is 9.97 Å². The maximum absolute atomic E-state index is 4.23. The highest BCUT2D eigenvalue weighted by Crippen LogP contribution is 2.02. The van der Waals surface area contributed by atoms with Crippen LogP contribution in [-0.4, -0.2) is 9.97 Å². The molecule has 0 saturated carbocycles. The Hall–Kier alpha value is -0.970. The van der Waals surface area contributed by atoms with Crippen molar-refractivity contribution in [2.24, 2.45) is 0 Å². The van der Waals surface area contributed by atoms with Gasteiger partial charge in [-0.25, -0.2) is 0 Å². The van der Waals surface area contributed by atoms with Crippen LogP contribution in [0, 0.1) is 41.5 Å². The molecule has 0 fully saturated rings. The number of aryl methyl sites for hydroxylation is 6. The third-order valence-corrected chi connectivity index (χ3v) is 2.45. The maximum atomic E-state index is 4.23. The van der Waals surface area contributed by atoms with E-state index in [0.717, 1.165) is 22.8 Å². The smallest absolute Gasteiger partial charge is 0.235 e. The molecule has 2 nitrogen and oxygen atoms in total. The number of rotatable bonds is 0. The zero-order chi connectivity index (χ0) is 13.7. The lowest BCUT2D eigenvalue weighted by Crippen LogP contribution is -3.00. The van der Waals surface area contributed by atoms with Crippen molar-refractivity contribution in [3.05, 3.63) is 58.2 Å². The number of hydrogen-bond donors (Lipinski definition) is 0. The normalized spacial score (nSPS) is 9.16. The summed E-state index contributed by atoms with van der Waals surface area (Å²) >= 11 is 0. The van der Waals surface area contributed by atoms with E-state index in [-0.39, 0.29) is 24.0 Å². The molecule has 19 heavy (non-hydrogen) atoms. The molecule has 0 aliphatic rings. The summed E-state index contributed by atoms with van der Waals surface area (Å²) < 4.78 is 0. The van der Waals surface area contributed by atoms with Gasteiger partial charge in [0.2, 0.25) is 24.0 Å². The van der Waals surface area contributed by atoms with Crippen LogP contribution in [0.25, 0.3) is 0 Å². The maximum Gasteiger partial charge on any atom is 0.235 e. The van der Waals surface area contributed by atoms with Gasteiger partial charge in [0.15, 0.2) is 0 Å². The standard InChI is InChI=1S/2C8H11N.H2I/c2*1-6-4-7(2)9-8(3)5-6;/h2*4-5H,1-3H3;1H2/q;;+1. The van der Waals surface area contributed by atoms with Crippen molar-refractivity contribution >= 4 is 0 Å². The van der Waals surface area contributed by atoms with E-state index < -0.39 is 0 Å². The van der Waals surface area contributed by atoms with Crippen molar-refractivity contribution in [2.75, 3.05) is 0 Å². The van der Waals surface area contributed by atoms with Crippen molar-refractivity contribution in [3.63, 3.8) is 0 Å². The van der Waals surface area contributed by atoms with Crippen LogP contribution in [0.4, 0.5) is 0 Å². The molecule has 0 bridgehead atoms. The topological polar surface area (TPSA) is 25.8 Å². The first-order valence-electron chi connectivity index (χ1n) is 6.20. The molecule has 0 aliphatic carbocycles. The Morgan fingerprint density at radius 1 is 0.526 bits per heavy atom. The first-order chi connectivity index (χ1) is 8.36. The lowest BCUT2D eigenvalue weighted by atomic mass is 10.2. The van der Waals surface area contributed by atoms with Crippen LogP contribution in [0.15, 0.2) is 24.3 Å². The van der Waals surface area contributed by atoms with Crippen molar-refractivity contribution in [2.45, 2.75) is 41.5 Å². The molecule has 3 heteroatoms. The van der Waals surface area contributed by atoms with E-state index in [1.165, 1.54) is 11.1 Å². The molecule has 0 unspecified atom stereocenters. The van der Waals surface area contributed by atoms with Gasteiger partial charge in [-0.1, -0.05) is 0 Å². The van der Waals surface area contributed by atoms with Gasteiger partial charge in [-0.05, 0) is 76.9 Å². The Kier molecular flexibility index (Phi) is 7.83. The summed E-state index contributed by atoms with van der Waals surface area (Å²) in [6.07, 6.45) is 0. The Labute approximate surface area is 133 Å². The molecule has 0 aliphatic heterocycles. The van der Waals surface area contributed by atoms with E-state index in [1.54, 1.807) is 0 Å². The van der Waals surface area contributed by atoms with Gasteiger partial charge in [0, 0.05) is 22.8 Å². The van der Waals surface area contributed by atoms with E-state index in [4.69, 9.17) is 0 Å². The van der Waals surface area contributed by atoms with Crippen molar-refractivity contribution in [3.8, 4) is 0 Å². The average Bonchev–Trinajstić information content (AvgIpc) is 2.12. The van der Waals surface area contributed by atoms with Gasteiger partial charge in [0.25, 0.3) is 0 Å². The second-order valence-corrected chi connectivity index (χ2v) is 4.85. The van der Waals surface area contributed by atoms with Gasteiger partial charge in [-0.2, -0.15) is 0 Å². The van der Waals surface area contributed by atoms with Crippen LogP contribution >= 0.6 is 0 Å². The molecule has 0 radical (unpaired) electrons. The summed E-state index contributed by atoms with van der Waals surface area (Å²) in [5.74, 6) is 0. The first kappa shape index (κ1) is 18.0. The van der Waals surface area contributed by atoms with Crippen LogP contribution in [0.5, 0.6) is 0 Å². The van der Waals surface area contributed by atoms with E-state index in [1.807, 2.05) is 27.7 Å². The monoisotopic (exact) mass is 371 g/mol. The minimum Gasteiger partial charge on any atom is -0.258 e.